The first-order chi connectivity index (χ1) is 5.41. The molecule has 4 nitrogen and oxygen atoms in total. The van der Waals surface area contributed by atoms with Crippen LogP contribution in [0.1, 0.15) is 31.1 Å². The van der Waals surface area contributed by atoms with Gasteiger partial charge in [-0.2, -0.15) is 5.10 Å². The topological polar surface area (TPSA) is 58.0 Å². The third-order valence-electron chi connectivity index (χ3n) is 1.51. The van der Waals surface area contributed by atoms with Gasteiger partial charge in [0.1, 0.15) is 0 Å². The lowest BCUT2D eigenvalue weighted by atomic mass is 10.1. The molecular weight excluding hydrogens is 156 g/mol. The van der Waals surface area contributed by atoms with Gasteiger partial charge in [0.25, 0.3) is 0 Å². The van der Waals surface area contributed by atoms with Crippen LogP contribution in [0.5, 0.6) is 0 Å². The molecule has 66 valence electrons. The Morgan fingerprint density at radius 1 is 1.58 bits per heavy atom. The molecule has 0 atom stereocenters. The lowest BCUT2D eigenvalue weighted by molar-refractivity contribution is -0.255. The Kier molecular flexibility index (Phi) is 1.92. The summed E-state index contributed by atoms with van der Waals surface area (Å²) in [7, 11) is 0. The highest BCUT2D eigenvalue weighted by molar-refractivity contribution is 5.84. The first-order valence-electron chi connectivity index (χ1n) is 3.68. The summed E-state index contributed by atoms with van der Waals surface area (Å²) < 4.78 is 1.60. The number of carbonyl (C=O) groups excluding carboxylic acids is 1. The van der Waals surface area contributed by atoms with Gasteiger partial charge in [-0.25, -0.2) is 0 Å². The second-order valence-corrected chi connectivity index (χ2v) is 3.63. The van der Waals surface area contributed by atoms with Crippen molar-refractivity contribution in [3.63, 3.8) is 0 Å². The van der Waals surface area contributed by atoms with E-state index in [1.54, 1.807) is 4.68 Å². The lowest BCUT2D eigenvalue weighted by Crippen LogP contribution is -2.23. The van der Waals surface area contributed by atoms with Crippen molar-refractivity contribution in [1.29, 1.82) is 0 Å². The maximum absolute atomic E-state index is 10.4. The number of nitrogens with zero attached hydrogens (tertiary/aromatic N) is 2. The number of rotatable bonds is 1. The molecule has 0 saturated carbocycles. The fourth-order valence-corrected chi connectivity index (χ4v) is 0.795. The Bertz CT molecular complexity index is 296. The summed E-state index contributed by atoms with van der Waals surface area (Å²) in [5.41, 5.74) is -0.0711. The summed E-state index contributed by atoms with van der Waals surface area (Å²) in [4.78, 5) is 10.4. The number of hydrogen-bond donors (Lipinski definition) is 0. The number of hydrogen-bond acceptors (Lipinski definition) is 3. The van der Waals surface area contributed by atoms with Crippen LogP contribution in [0.15, 0.2) is 12.4 Å². The normalized spacial score (nSPS) is 11.6. The highest BCUT2D eigenvalue weighted by Gasteiger charge is 2.13. The van der Waals surface area contributed by atoms with Gasteiger partial charge in [-0.15, -0.1) is 0 Å². The maximum Gasteiger partial charge on any atom is 0.0746 e. The van der Waals surface area contributed by atoms with E-state index in [1.165, 1.54) is 12.4 Å². The zero-order valence-electron chi connectivity index (χ0n) is 7.37. The number of carboxylic acids is 1. The molecule has 12 heavy (non-hydrogen) atoms. The van der Waals surface area contributed by atoms with Crippen molar-refractivity contribution < 1.29 is 9.90 Å². The smallest absolute Gasteiger partial charge is 0.0746 e. The molecule has 0 unspecified atom stereocenters. The maximum atomic E-state index is 10.4. The minimum Gasteiger partial charge on any atom is -0.545 e. The largest absolute Gasteiger partial charge is 0.545 e. The summed E-state index contributed by atoms with van der Waals surface area (Å²) >= 11 is 0. The zero-order valence-corrected chi connectivity index (χ0v) is 7.37. The van der Waals surface area contributed by atoms with Crippen molar-refractivity contribution in [3.05, 3.63) is 18.0 Å². The Balaban J connectivity index is 3.00. The molecule has 0 amide bonds. The SMILES string of the molecule is CC(C)(C)n1cc(C(=O)[O-])cn1. The van der Waals surface area contributed by atoms with Crippen LogP contribution in [0.4, 0.5) is 0 Å². The average molecular weight is 167 g/mol. The highest BCUT2D eigenvalue weighted by Crippen LogP contribution is 2.12. The van der Waals surface area contributed by atoms with Crippen molar-refractivity contribution >= 4 is 5.97 Å². The van der Waals surface area contributed by atoms with Gasteiger partial charge < -0.3 is 9.90 Å². The van der Waals surface area contributed by atoms with E-state index in [1.807, 2.05) is 20.8 Å². The van der Waals surface area contributed by atoms with Crippen LogP contribution in [0, 0.1) is 0 Å². The van der Waals surface area contributed by atoms with E-state index in [9.17, 15) is 9.90 Å². The van der Waals surface area contributed by atoms with E-state index in [4.69, 9.17) is 0 Å². The van der Waals surface area contributed by atoms with Gasteiger partial charge in [-0.05, 0) is 20.8 Å². The summed E-state index contributed by atoms with van der Waals surface area (Å²) in [6, 6.07) is 0. The van der Waals surface area contributed by atoms with E-state index in [-0.39, 0.29) is 11.1 Å². The van der Waals surface area contributed by atoms with Crippen LogP contribution < -0.4 is 5.11 Å². The first-order valence-corrected chi connectivity index (χ1v) is 3.68. The van der Waals surface area contributed by atoms with Gasteiger partial charge in [0.2, 0.25) is 0 Å². The van der Waals surface area contributed by atoms with Crippen LogP contribution in [0.25, 0.3) is 0 Å². The third-order valence-corrected chi connectivity index (χ3v) is 1.51. The molecule has 1 aromatic heterocycles. The van der Waals surface area contributed by atoms with Crippen LogP contribution in [0.3, 0.4) is 0 Å². The summed E-state index contributed by atoms with van der Waals surface area (Å²) in [5.74, 6) is -1.19. The molecule has 0 saturated heterocycles. The molecule has 0 aliphatic carbocycles. The van der Waals surface area contributed by atoms with Gasteiger partial charge in [0, 0.05) is 11.8 Å². The lowest BCUT2D eigenvalue weighted by Gasteiger charge is -2.18. The predicted octanol–water partition coefficient (Wildman–Crippen LogP) is 0.00160. The first kappa shape index (κ1) is 8.77. The molecule has 0 radical (unpaired) electrons. The van der Waals surface area contributed by atoms with E-state index in [2.05, 4.69) is 5.10 Å². The fourth-order valence-electron chi connectivity index (χ4n) is 0.795. The number of carboxylic acid groups (broad SMARTS) is 1. The van der Waals surface area contributed by atoms with Crippen LogP contribution >= 0.6 is 0 Å². The highest BCUT2D eigenvalue weighted by atomic mass is 16.4. The van der Waals surface area contributed by atoms with Gasteiger partial charge in [0.15, 0.2) is 0 Å². The monoisotopic (exact) mass is 167 g/mol. The Labute approximate surface area is 70.8 Å². The van der Waals surface area contributed by atoms with Crippen LogP contribution in [-0.2, 0) is 5.54 Å². The molecule has 0 bridgehead atoms. The van der Waals surface area contributed by atoms with Gasteiger partial charge in [-0.1, -0.05) is 0 Å². The van der Waals surface area contributed by atoms with Crippen molar-refractivity contribution in [2.24, 2.45) is 0 Å². The molecule has 0 fully saturated rings. The van der Waals surface area contributed by atoms with Gasteiger partial charge >= 0.3 is 0 Å². The van der Waals surface area contributed by atoms with Gasteiger partial charge in [-0.3, -0.25) is 4.68 Å². The molecule has 0 aliphatic heterocycles. The van der Waals surface area contributed by atoms with Crippen molar-refractivity contribution in [2.45, 2.75) is 26.3 Å². The second-order valence-electron chi connectivity index (χ2n) is 3.63. The van der Waals surface area contributed by atoms with Crippen molar-refractivity contribution in [1.82, 2.24) is 9.78 Å². The average Bonchev–Trinajstić information content (AvgIpc) is 2.30. The minimum atomic E-state index is -1.19. The number of carbonyl (C=O) groups is 1. The minimum absolute atomic E-state index is 0.116. The van der Waals surface area contributed by atoms with E-state index in [0.717, 1.165) is 0 Å². The van der Waals surface area contributed by atoms with Crippen molar-refractivity contribution in [2.75, 3.05) is 0 Å². The molecule has 0 aliphatic rings. The Morgan fingerprint density at radius 3 is 2.42 bits per heavy atom. The summed E-state index contributed by atoms with van der Waals surface area (Å²) in [6.45, 7) is 5.83. The molecule has 4 heteroatoms. The van der Waals surface area contributed by atoms with E-state index >= 15 is 0 Å². The zero-order chi connectivity index (χ0) is 9.35. The molecule has 1 heterocycles. The number of aromatic nitrogens is 2. The quantitative estimate of drug-likeness (QED) is 0.591. The summed E-state index contributed by atoms with van der Waals surface area (Å²) in [5, 5.41) is 14.3. The predicted molar refractivity (Wildman–Crippen MR) is 41.6 cm³/mol. The second kappa shape index (κ2) is 2.62. The number of aromatic carboxylic acids is 1. The molecular formula is C8H11N2O2-. The Morgan fingerprint density at radius 2 is 2.17 bits per heavy atom. The summed E-state index contributed by atoms with van der Waals surface area (Å²) in [6.07, 6.45) is 2.76. The van der Waals surface area contributed by atoms with Crippen molar-refractivity contribution in [3.8, 4) is 0 Å². The van der Waals surface area contributed by atoms with E-state index < -0.39 is 5.97 Å². The van der Waals surface area contributed by atoms with Gasteiger partial charge in [0.05, 0.1) is 17.7 Å². The molecule has 1 aromatic rings. The molecule has 0 N–H and O–H groups in total. The molecule has 0 spiro atoms. The van der Waals surface area contributed by atoms with Crippen LogP contribution in [-0.4, -0.2) is 15.7 Å². The van der Waals surface area contributed by atoms with E-state index in [0.29, 0.717) is 0 Å². The molecule has 1 rings (SSSR count). The Hall–Kier alpha value is -1.32. The fraction of sp³-hybridized carbons (Fsp3) is 0.500. The third kappa shape index (κ3) is 1.64. The van der Waals surface area contributed by atoms with Crippen LogP contribution in [0.2, 0.25) is 0 Å². The standard InChI is InChI=1S/C8H12N2O2/c1-8(2,3)10-5-6(4-9-10)7(11)12/h4-5H,1-3H3,(H,11,12)/p-1. The molecule has 0 aromatic carbocycles.